The van der Waals surface area contributed by atoms with Crippen molar-refractivity contribution in [3.63, 3.8) is 0 Å². The van der Waals surface area contributed by atoms with Gasteiger partial charge in [0.25, 0.3) is 0 Å². The molecule has 0 heterocycles. The van der Waals surface area contributed by atoms with Crippen molar-refractivity contribution < 1.29 is 9.53 Å². The molecule has 0 aliphatic rings. The number of thiol groups is 1. The minimum Gasteiger partial charge on any atom is -0.444 e. The van der Waals surface area contributed by atoms with E-state index in [1.807, 2.05) is 41.5 Å². The molecule has 0 saturated carbocycles. The first-order valence-electron chi connectivity index (χ1n) is 4.74. The molecule has 0 rings (SSSR count). The van der Waals surface area contributed by atoms with Gasteiger partial charge in [0.2, 0.25) is 0 Å². The molecule has 1 N–H and O–H groups in total. The van der Waals surface area contributed by atoms with Crippen LogP contribution in [0.15, 0.2) is 0 Å². The average Bonchev–Trinajstić information content (AvgIpc) is 1.79. The zero-order valence-electron chi connectivity index (χ0n) is 9.84. The monoisotopic (exact) mass is 219 g/mol. The first-order chi connectivity index (χ1) is 6.02. The van der Waals surface area contributed by atoms with Crippen LogP contribution in [0.3, 0.4) is 0 Å². The zero-order valence-corrected chi connectivity index (χ0v) is 10.7. The number of alkyl carbamates (subject to hydrolysis) is 1. The van der Waals surface area contributed by atoms with E-state index in [0.717, 1.165) is 0 Å². The SMILES string of the molecule is CC(NC(=O)OC(C)(C)C)C(C)(C)S. The van der Waals surface area contributed by atoms with E-state index < -0.39 is 11.7 Å². The molecule has 3 nitrogen and oxygen atoms in total. The van der Waals surface area contributed by atoms with Gasteiger partial charge in [-0.15, -0.1) is 0 Å². The van der Waals surface area contributed by atoms with E-state index in [9.17, 15) is 4.79 Å². The van der Waals surface area contributed by atoms with Crippen molar-refractivity contribution in [3.8, 4) is 0 Å². The van der Waals surface area contributed by atoms with E-state index in [2.05, 4.69) is 17.9 Å². The van der Waals surface area contributed by atoms with Crippen LogP contribution in [0.5, 0.6) is 0 Å². The highest BCUT2D eigenvalue weighted by molar-refractivity contribution is 7.81. The normalized spacial score (nSPS) is 14.8. The molecule has 0 aliphatic heterocycles. The number of rotatable bonds is 2. The molecule has 1 unspecified atom stereocenters. The largest absolute Gasteiger partial charge is 0.444 e. The lowest BCUT2D eigenvalue weighted by Gasteiger charge is -2.28. The topological polar surface area (TPSA) is 38.3 Å². The molecular formula is C10H21NO2S. The summed E-state index contributed by atoms with van der Waals surface area (Å²) in [7, 11) is 0. The van der Waals surface area contributed by atoms with Crippen molar-refractivity contribution >= 4 is 18.7 Å². The second-order valence-electron chi connectivity index (χ2n) is 5.02. The van der Waals surface area contributed by atoms with Gasteiger partial charge in [0.15, 0.2) is 0 Å². The maximum absolute atomic E-state index is 11.3. The second kappa shape index (κ2) is 4.43. The van der Waals surface area contributed by atoms with Crippen molar-refractivity contribution in [2.24, 2.45) is 0 Å². The summed E-state index contributed by atoms with van der Waals surface area (Å²) in [5, 5.41) is 2.74. The van der Waals surface area contributed by atoms with Crippen LogP contribution in [-0.2, 0) is 4.74 Å². The Bertz CT molecular complexity index is 203. The molecule has 0 aromatic rings. The van der Waals surface area contributed by atoms with Gasteiger partial charge in [0.05, 0.1) is 0 Å². The van der Waals surface area contributed by atoms with Gasteiger partial charge in [-0.2, -0.15) is 12.6 Å². The average molecular weight is 219 g/mol. The molecule has 0 bridgehead atoms. The van der Waals surface area contributed by atoms with Gasteiger partial charge < -0.3 is 10.1 Å². The van der Waals surface area contributed by atoms with Crippen LogP contribution in [0.4, 0.5) is 4.79 Å². The molecule has 1 amide bonds. The minimum absolute atomic E-state index is 0.0410. The van der Waals surface area contributed by atoms with Crippen molar-refractivity contribution in [2.75, 3.05) is 0 Å². The molecular weight excluding hydrogens is 198 g/mol. The summed E-state index contributed by atoms with van der Waals surface area (Å²) in [6, 6.07) is -0.0410. The number of carbonyl (C=O) groups is 1. The third kappa shape index (κ3) is 6.13. The lowest BCUT2D eigenvalue weighted by Crippen LogP contribution is -2.46. The summed E-state index contributed by atoms with van der Waals surface area (Å²) in [6.07, 6.45) is -0.396. The van der Waals surface area contributed by atoms with E-state index in [1.165, 1.54) is 0 Å². The van der Waals surface area contributed by atoms with Gasteiger partial charge in [-0.25, -0.2) is 4.79 Å². The molecule has 14 heavy (non-hydrogen) atoms. The Kier molecular flexibility index (Phi) is 4.31. The lowest BCUT2D eigenvalue weighted by molar-refractivity contribution is 0.0501. The lowest BCUT2D eigenvalue weighted by atomic mass is 10.1. The molecule has 1 atom stereocenters. The number of nitrogens with one attached hydrogen (secondary N) is 1. The third-order valence-electron chi connectivity index (χ3n) is 1.79. The highest BCUT2D eigenvalue weighted by Crippen LogP contribution is 2.17. The number of amides is 1. The summed E-state index contributed by atoms with van der Waals surface area (Å²) in [5.41, 5.74) is -0.454. The molecule has 0 aromatic carbocycles. The Hall–Kier alpha value is -0.380. The van der Waals surface area contributed by atoms with Crippen molar-refractivity contribution in [2.45, 2.75) is 57.9 Å². The standard InChI is InChI=1S/C10H21NO2S/c1-7(10(5,6)14)11-8(12)13-9(2,3)4/h7,14H,1-6H3,(H,11,12). The smallest absolute Gasteiger partial charge is 0.407 e. The van der Waals surface area contributed by atoms with Gasteiger partial charge >= 0.3 is 6.09 Å². The van der Waals surface area contributed by atoms with E-state index >= 15 is 0 Å². The van der Waals surface area contributed by atoms with E-state index in [1.54, 1.807) is 0 Å². The summed E-state index contributed by atoms with van der Waals surface area (Å²) in [4.78, 5) is 11.3. The maximum Gasteiger partial charge on any atom is 0.407 e. The summed E-state index contributed by atoms with van der Waals surface area (Å²) in [6.45, 7) is 11.3. The summed E-state index contributed by atoms with van der Waals surface area (Å²) >= 11 is 4.37. The highest BCUT2D eigenvalue weighted by atomic mass is 32.1. The van der Waals surface area contributed by atoms with Crippen LogP contribution in [0, 0.1) is 0 Å². The number of hydrogen-bond donors (Lipinski definition) is 2. The van der Waals surface area contributed by atoms with Gasteiger partial charge in [0, 0.05) is 10.8 Å². The molecule has 0 aliphatic carbocycles. The predicted octanol–water partition coefficient (Wildman–Crippen LogP) is 2.61. The first-order valence-corrected chi connectivity index (χ1v) is 5.19. The number of hydrogen-bond acceptors (Lipinski definition) is 3. The quantitative estimate of drug-likeness (QED) is 0.701. The van der Waals surface area contributed by atoms with E-state index in [4.69, 9.17) is 4.74 Å². The van der Waals surface area contributed by atoms with Crippen molar-refractivity contribution in [1.82, 2.24) is 5.32 Å². The molecule has 0 radical (unpaired) electrons. The fourth-order valence-electron chi connectivity index (χ4n) is 0.661. The highest BCUT2D eigenvalue weighted by Gasteiger charge is 2.25. The van der Waals surface area contributed by atoms with Gasteiger partial charge in [0.1, 0.15) is 5.60 Å². The van der Waals surface area contributed by atoms with Gasteiger partial charge in [-0.1, -0.05) is 0 Å². The minimum atomic E-state index is -0.454. The Morgan fingerprint density at radius 1 is 1.29 bits per heavy atom. The molecule has 0 aromatic heterocycles. The van der Waals surface area contributed by atoms with E-state index in [0.29, 0.717) is 0 Å². The Balaban J connectivity index is 4.09. The van der Waals surface area contributed by atoms with Crippen LogP contribution < -0.4 is 5.32 Å². The molecule has 4 heteroatoms. The first kappa shape index (κ1) is 13.6. The second-order valence-corrected chi connectivity index (χ2v) is 6.17. The van der Waals surface area contributed by atoms with Crippen molar-refractivity contribution in [1.29, 1.82) is 0 Å². The zero-order chi connectivity index (χ0) is 11.6. The van der Waals surface area contributed by atoms with Gasteiger partial charge in [-0.3, -0.25) is 0 Å². The van der Waals surface area contributed by atoms with Crippen molar-refractivity contribution in [3.05, 3.63) is 0 Å². The molecule has 84 valence electrons. The maximum atomic E-state index is 11.3. The van der Waals surface area contributed by atoms with Crippen LogP contribution >= 0.6 is 12.6 Å². The van der Waals surface area contributed by atoms with Crippen LogP contribution in [-0.4, -0.2) is 22.5 Å². The van der Waals surface area contributed by atoms with Crippen LogP contribution in [0.25, 0.3) is 0 Å². The molecule has 0 fully saturated rings. The molecule has 0 saturated heterocycles. The fraction of sp³-hybridized carbons (Fsp3) is 0.900. The molecule has 0 spiro atoms. The van der Waals surface area contributed by atoms with E-state index in [-0.39, 0.29) is 10.8 Å². The Morgan fingerprint density at radius 2 is 1.71 bits per heavy atom. The van der Waals surface area contributed by atoms with Crippen LogP contribution in [0.1, 0.15) is 41.5 Å². The van der Waals surface area contributed by atoms with Crippen LogP contribution in [0.2, 0.25) is 0 Å². The Labute approximate surface area is 92.0 Å². The Morgan fingerprint density at radius 3 is 2.00 bits per heavy atom. The predicted molar refractivity (Wildman–Crippen MR) is 61.9 cm³/mol. The fourth-order valence-corrected chi connectivity index (χ4v) is 0.725. The number of carbonyl (C=O) groups excluding carboxylic acids is 1. The summed E-state index contributed by atoms with van der Waals surface area (Å²) in [5.74, 6) is 0. The summed E-state index contributed by atoms with van der Waals surface area (Å²) < 4.78 is 4.87. The third-order valence-corrected chi connectivity index (χ3v) is 2.18. The van der Waals surface area contributed by atoms with Gasteiger partial charge in [-0.05, 0) is 41.5 Å². The number of ether oxygens (including phenoxy) is 1.